The van der Waals surface area contributed by atoms with Gasteiger partial charge in [0.25, 0.3) is 5.56 Å². The van der Waals surface area contributed by atoms with E-state index in [1.54, 1.807) is 28.5 Å². The van der Waals surface area contributed by atoms with Gasteiger partial charge in [-0.1, -0.05) is 35.0 Å². The lowest BCUT2D eigenvalue weighted by atomic mass is 9.93. The molecule has 0 unspecified atom stereocenters. The second-order valence-electron chi connectivity index (χ2n) is 7.26. The SMILES string of the molecule is O=c1c2c3c(sc2ncn1Cc1ccccc1Cl)C[C@@H](NCc1ccon1)CC3. The van der Waals surface area contributed by atoms with Crippen LogP contribution in [0.3, 0.4) is 0 Å². The zero-order valence-corrected chi connectivity index (χ0v) is 17.2. The first-order valence-electron chi connectivity index (χ1n) is 9.55. The quantitative estimate of drug-likeness (QED) is 0.525. The minimum Gasteiger partial charge on any atom is -0.364 e. The van der Waals surface area contributed by atoms with Crippen molar-refractivity contribution in [1.82, 2.24) is 20.0 Å². The number of aryl methyl sites for hydroxylation is 1. The van der Waals surface area contributed by atoms with Crippen molar-refractivity contribution in [3.05, 3.63) is 80.0 Å². The van der Waals surface area contributed by atoms with E-state index in [1.165, 1.54) is 4.88 Å². The normalized spacial score (nSPS) is 16.2. The van der Waals surface area contributed by atoms with Crippen molar-refractivity contribution in [2.24, 2.45) is 0 Å². The molecule has 0 spiro atoms. The molecule has 0 fully saturated rings. The third-order valence-electron chi connectivity index (χ3n) is 5.40. The lowest BCUT2D eigenvalue weighted by Crippen LogP contribution is -2.34. The molecule has 0 saturated carbocycles. The van der Waals surface area contributed by atoms with E-state index in [1.807, 2.05) is 30.3 Å². The number of rotatable bonds is 5. The van der Waals surface area contributed by atoms with Gasteiger partial charge in [0.15, 0.2) is 0 Å². The molecule has 4 aromatic rings. The second-order valence-corrected chi connectivity index (χ2v) is 8.76. The van der Waals surface area contributed by atoms with Gasteiger partial charge >= 0.3 is 0 Å². The van der Waals surface area contributed by atoms with Crippen molar-refractivity contribution in [3.63, 3.8) is 0 Å². The highest BCUT2D eigenvalue weighted by Gasteiger charge is 2.25. The molecule has 3 aromatic heterocycles. The van der Waals surface area contributed by atoms with E-state index < -0.39 is 0 Å². The third kappa shape index (κ3) is 3.61. The molecule has 6 nitrogen and oxygen atoms in total. The molecule has 3 heterocycles. The maximum absolute atomic E-state index is 13.2. The summed E-state index contributed by atoms with van der Waals surface area (Å²) in [7, 11) is 0. The smallest absolute Gasteiger partial charge is 0.262 e. The minimum atomic E-state index is 0.0152. The number of nitrogens with zero attached hydrogens (tertiary/aromatic N) is 3. The number of fused-ring (bicyclic) bond motifs is 3. The van der Waals surface area contributed by atoms with Gasteiger partial charge in [-0.3, -0.25) is 9.36 Å². The van der Waals surface area contributed by atoms with E-state index in [-0.39, 0.29) is 5.56 Å². The lowest BCUT2D eigenvalue weighted by molar-refractivity contribution is 0.399. The zero-order chi connectivity index (χ0) is 19.8. The molecule has 0 amide bonds. The van der Waals surface area contributed by atoms with Gasteiger partial charge in [0.1, 0.15) is 11.1 Å². The zero-order valence-electron chi connectivity index (χ0n) is 15.6. The summed E-state index contributed by atoms with van der Waals surface area (Å²) in [6.07, 6.45) is 5.98. The summed E-state index contributed by atoms with van der Waals surface area (Å²) in [6.45, 7) is 1.11. The summed E-state index contributed by atoms with van der Waals surface area (Å²) in [6, 6.07) is 9.82. The number of nitrogens with one attached hydrogen (secondary N) is 1. The Morgan fingerprint density at radius 2 is 2.21 bits per heavy atom. The summed E-state index contributed by atoms with van der Waals surface area (Å²) in [5.74, 6) is 0. The van der Waals surface area contributed by atoms with Crippen LogP contribution in [0.15, 0.2) is 52.2 Å². The largest absolute Gasteiger partial charge is 0.364 e. The number of halogens is 1. The Labute approximate surface area is 176 Å². The maximum Gasteiger partial charge on any atom is 0.262 e. The summed E-state index contributed by atoms with van der Waals surface area (Å²) in [5.41, 5.74) is 2.99. The van der Waals surface area contributed by atoms with Crippen molar-refractivity contribution >= 4 is 33.2 Å². The predicted molar refractivity (Wildman–Crippen MR) is 114 cm³/mol. The Bertz CT molecular complexity index is 1220. The van der Waals surface area contributed by atoms with Crippen LogP contribution in [0.25, 0.3) is 10.2 Å². The van der Waals surface area contributed by atoms with Crippen molar-refractivity contribution in [3.8, 4) is 0 Å². The molecule has 1 atom stereocenters. The fraction of sp³-hybridized carbons (Fsp3) is 0.286. The third-order valence-corrected chi connectivity index (χ3v) is 6.93. The van der Waals surface area contributed by atoms with Crippen molar-refractivity contribution < 1.29 is 4.52 Å². The van der Waals surface area contributed by atoms with Crippen LogP contribution in [0.2, 0.25) is 5.02 Å². The van der Waals surface area contributed by atoms with Gasteiger partial charge < -0.3 is 9.84 Å². The molecule has 0 bridgehead atoms. The second kappa shape index (κ2) is 7.74. The van der Waals surface area contributed by atoms with E-state index in [2.05, 4.69) is 15.5 Å². The van der Waals surface area contributed by atoms with Crippen molar-refractivity contribution in [1.29, 1.82) is 0 Å². The standard InChI is InChI=1S/C21H19ClN4O2S/c22-17-4-2-1-3-13(17)11-26-12-24-20-19(21(26)27)16-6-5-14(9-18(16)29-20)23-10-15-7-8-28-25-15/h1-4,7-8,12,14,23H,5-6,9-11H2/t14-/m0/s1. The predicted octanol–water partition coefficient (Wildman–Crippen LogP) is 3.79. The van der Waals surface area contributed by atoms with Gasteiger partial charge in [0.05, 0.1) is 24.0 Å². The first-order chi connectivity index (χ1) is 14.2. The number of hydrogen-bond acceptors (Lipinski definition) is 6. The first-order valence-corrected chi connectivity index (χ1v) is 10.7. The summed E-state index contributed by atoms with van der Waals surface area (Å²) in [4.78, 5) is 19.9. The van der Waals surface area contributed by atoms with E-state index in [4.69, 9.17) is 16.1 Å². The van der Waals surface area contributed by atoms with Crippen LogP contribution in [0.5, 0.6) is 0 Å². The highest BCUT2D eigenvalue weighted by Crippen LogP contribution is 2.33. The fourth-order valence-corrected chi connectivity index (χ4v) is 5.33. The number of hydrogen-bond donors (Lipinski definition) is 1. The van der Waals surface area contributed by atoms with E-state index >= 15 is 0 Å². The summed E-state index contributed by atoms with van der Waals surface area (Å²) in [5, 5.41) is 8.92. The van der Waals surface area contributed by atoms with Crippen LogP contribution in [0.1, 0.15) is 28.1 Å². The van der Waals surface area contributed by atoms with Gasteiger partial charge in [-0.25, -0.2) is 4.98 Å². The Morgan fingerprint density at radius 3 is 3.03 bits per heavy atom. The van der Waals surface area contributed by atoms with Gasteiger partial charge in [-0.15, -0.1) is 11.3 Å². The molecule has 148 valence electrons. The fourth-order valence-electron chi connectivity index (χ4n) is 3.88. The molecule has 1 N–H and O–H groups in total. The average Bonchev–Trinajstić information content (AvgIpc) is 3.37. The minimum absolute atomic E-state index is 0.0152. The van der Waals surface area contributed by atoms with Gasteiger partial charge in [0.2, 0.25) is 0 Å². The van der Waals surface area contributed by atoms with E-state index in [0.29, 0.717) is 24.2 Å². The van der Waals surface area contributed by atoms with Gasteiger partial charge in [-0.2, -0.15) is 0 Å². The molecule has 0 radical (unpaired) electrons. The molecule has 5 rings (SSSR count). The highest BCUT2D eigenvalue weighted by atomic mass is 35.5. The number of thiophene rings is 1. The maximum atomic E-state index is 13.2. The van der Waals surface area contributed by atoms with Crippen LogP contribution >= 0.6 is 22.9 Å². The molecule has 1 aliphatic carbocycles. The molecular weight excluding hydrogens is 408 g/mol. The van der Waals surface area contributed by atoms with Gasteiger partial charge in [-0.05, 0) is 36.5 Å². The van der Waals surface area contributed by atoms with Gasteiger partial charge in [0, 0.05) is 28.6 Å². The average molecular weight is 427 g/mol. The molecule has 8 heteroatoms. The monoisotopic (exact) mass is 426 g/mol. The Morgan fingerprint density at radius 1 is 1.31 bits per heavy atom. The number of aromatic nitrogens is 3. The van der Waals surface area contributed by atoms with Crippen LogP contribution < -0.4 is 10.9 Å². The molecule has 1 aliphatic rings. The highest BCUT2D eigenvalue weighted by molar-refractivity contribution is 7.18. The van der Waals surface area contributed by atoms with Crippen molar-refractivity contribution in [2.75, 3.05) is 0 Å². The van der Waals surface area contributed by atoms with Crippen LogP contribution in [-0.2, 0) is 25.9 Å². The lowest BCUT2D eigenvalue weighted by Gasteiger charge is -2.23. The Balaban J connectivity index is 1.41. The van der Waals surface area contributed by atoms with E-state index in [0.717, 1.165) is 46.3 Å². The Hall–Kier alpha value is -2.48. The topological polar surface area (TPSA) is 73.0 Å². The van der Waals surface area contributed by atoms with Crippen LogP contribution in [-0.4, -0.2) is 20.7 Å². The molecular formula is C21H19ClN4O2S. The summed E-state index contributed by atoms with van der Waals surface area (Å²) < 4.78 is 6.54. The Kier molecular flexibility index (Phi) is 4.95. The van der Waals surface area contributed by atoms with Crippen molar-refractivity contribution in [2.45, 2.75) is 38.4 Å². The number of benzene rings is 1. The van der Waals surface area contributed by atoms with Crippen LogP contribution in [0, 0.1) is 0 Å². The molecule has 0 aliphatic heterocycles. The molecule has 0 saturated heterocycles. The molecule has 29 heavy (non-hydrogen) atoms. The summed E-state index contributed by atoms with van der Waals surface area (Å²) >= 11 is 7.91. The van der Waals surface area contributed by atoms with Crippen LogP contribution in [0.4, 0.5) is 0 Å². The van der Waals surface area contributed by atoms with E-state index in [9.17, 15) is 4.79 Å². The molecule has 1 aromatic carbocycles. The first kappa shape index (κ1) is 18.5.